The fourth-order valence-electron chi connectivity index (χ4n) is 4.31. The average Bonchev–Trinajstić information content (AvgIpc) is 2.72. The highest BCUT2D eigenvalue weighted by atomic mass is 16.5. The fourth-order valence-corrected chi connectivity index (χ4v) is 4.31. The summed E-state index contributed by atoms with van der Waals surface area (Å²) in [5.74, 6) is 0.578. The third-order valence-electron chi connectivity index (χ3n) is 5.94. The molecular formula is C19H26N4O4. The molecule has 27 heavy (non-hydrogen) atoms. The van der Waals surface area contributed by atoms with Crippen molar-refractivity contribution in [2.24, 2.45) is 5.41 Å². The molecule has 146 valence electrons. The minimum absolute atomic E-state index is 0.0240. The van der Waals surface area contributed by atoms with Gasteiger partial charge in [0.2, 0.25) is 5.91 Å². The van der Waals surface area contributed by atoms with Crippen LogP contribution < -0.4 is 10.2 Å². The largest absolute Gasteiger partial charge is 0.392 e. The van der Waals surface area contributed by atoms with Gasteiger partial charge in [-0.15, -0.1) is 0 Å². The number of aliphatic hydroxyl groups is 1. The highest BCUT2D eigenvalue weighted by molar-refractivity contribution is 5.95. The number of hydrogen-bond donors (Lipinski definition) is 2. The van der Waals surface area contributed by atoms with Gasteiger partial charge in [0, 0.05) is 44.5 Å². The van der Waals surface area contributed by atoms with Crippen LogP contribution in [0.1, 0.15) is 29.6 Å². The number of nitrogens with one attached hydrogen (secondary N) is 1. The molecule has 0 unspecified atom stereocenters. The summed E-state index contributed by atoms with van der Waals surface area (Å²) < 4.78 is 5.31. The molecule has 3 fully saturated rings. The maximum atomic E-state index is 12.8. The fraction of sp³-hybridized carbons (Fsp3) is 0.632. The van der Waals surface area contributed by atoms with Crippen molar-refractivity contribution in [3.63, 3.8) is 0 Å². The SMILES string of the molecule is O=C(c1ccnc(N2CC[C@H](O)[C@@]3(CCCNC3=O)C2)c1)N1CCOCC1. The molecule has 3 aliphatic heterocycles. The zero-order valence-electron chi connectivity index (χ0n) is 15.4. The summed E-state index contributed by atoms with van der Waals surface area (Å²) >= 11 is 0. The van der Waals surface area contributed by atoms with Crippen LogP contribution in [0.4, 0.5) is 5.82 Å². The first-order valence-corrected chi connectivity index (χ1v) is 9.64. The standard InChI is InChI=1S/C19H26N4O4/c24-15-3-7-23(13-19(15)4-1-5-21-18(19)26)16-12-14(2-6-20-16)17(25)22-8-10-27-11-9-22/h2,6,12,15,24H,1,3-5,7-11,13H2,(H,21,26)/t15-,19+/m0/s1. The molecule has 2 atom stereocenters. The van der Waals surface area contributed by atoms with Crippen molar-refractivity contribution in [2.45, 2.75) is 25.4 Å². The van der Waals surface area contributed by atoms with E-state index in [1.54, 1.807) is 23.2 Å². The number of anilines is 1. The van der Waals surface area contributed by atoms with Gasteiger partial charge >= 0.3 is 0 Å². The molecule has 1 aromatic heterocycles. The van der Waals surface area contributed by atoms with E-state index < -0.39 is 11.5 Å². The average molecular weight is 374 g/mol. The number of aromatic nitrogens is 1. The van der Waals surface area contributed by atoms with Crippen LogP contribution in [-0.2, 0) is 9.53 Å². The van der Waals surface area contributed by atoms with Crippen molar-refractivity contribution in [2.75, 3.05) is 50.8 Å². The lowest BCUT2D eigenvalue weighted by molar-refractivity contribution is -0.142. The van der Waals surface area contributed by atoms with Crippen molar-refractivity contribution in [1.29, 1.82) is 0 Å². The quantitative estimate of drug-likeness (QED) is 0.758. The first kappa shape index (κ1) is 18.2. The molecule has 4 rings (SSSR count). The topological polar surface area (TPSA) is 95.0 Å². The van der Waals surface area contributed by atoms with Gasteiger partial charge in [-0.25, -0.2) is 4.98 Å². The second kappa shape index (κ2) is 7.44. The van der Waals surface area contributed by atoms with Gasteiger partial charge in [-0.2, -0.15) is 0 Å². The number of carbonyl (C=O) groups excluding carboxylic acids is 2. The Morgan fingerprint density at radius 1 is 1.33 bits per heavy atom. The van der Waals surface area contributed by atoms with Gasteiger partial charge in [0.1, 0.15) is 5.82 Å². The Kier molecular flexibility index (Phi) is 5.01. The molecule has 1 spiro atoms. The first-order valence-electron chi connectivity index (χ1n) is 9.64. The Labute approximate surface area is 158 Å². The highest BCUT2D eigenvalue weighted by Gasteiger charge is 2.50. The number of amides is 2. The monoisotopic (exact) mass is 374 g/mol. The Morgan fingerprint density at radius 2 is 2.15 bits per heavy atom. The molecule has 0 aromatic carbocycles. The van der Waals surface area contributed by atoms with Gasteiger partial charge in [-0.05, 0) is 31.4 Å². The summed E-state index contributed by atoms with van der Waals surface area (Å²) in [6.45, 7) is 4.00. The van der Waals surface area contributed by atoms with Crippen LogP contribution in [0.15, 0.2) is 18.3 Å². The van der Waals surface area contributed by atoms with E-state index in [9.17, 15) is 14.7 Å². The van der Waals surface area contributed by atoms with Crippen LogP contribution in [0.2, 0.25) is 0 Å². The maximum Gasteiger partial charge on any atom is 0.254 e. The number of pyridine rings is 1. The van der Waals surface area contributed by atoms with E-state index in [1.807, 2.05) is 4.90 Å². The molecular weight excluding hydrogens is 348 g/mol. The van der Waals surface area contributed by atoms with Gasteiger partial charge < -0.3 is 25.0 Å². The molecule has 2 N–H and O–H groups in total. The zero-order valence-corrected chi connectivity index (χ0v) is 15.4. The molecule has 8 heteroatoms. The summed E-state index contributed by atoms with van der Waals surface area (Å²) in [6.07, 6.45) is 3.04. The second-order valence-electron chi connectivity index (χ2n) is 7.55. The summed E-state index contributed by atoms with van der Waals surface area (Å²) in [7, 11) is 0. The number of ether oxygens (including phenoxy) is 1. The van der Waals surface area contributed by atoms with Crippen LogP contribution in [-0.4, -0.2) is 78.8 Å². The summed E-state index contributed by atoms with van der Waals surface area (Å²) in [6, 6.07) is 3.52. The molecule has 8 nitrogen and oxygen atoms in total. The molecule has 3 aliphatic rings. The molecule has 0 radical (unpaired) electrons. The molecule has 2 amide bonds. The van der Waals surface area contributed by atoms with Gasteiger partial charge in [-0.3, -0.25) is 9.59 Å². The van der Waals surface area contributed by atoms with Crippen LogP contribution in [0.3, 0.4) is 0 Å². The van der Waals surface area contributed by atoms with Crippen LogP contribution in [0.5, 0.6) is 0 Å². The van der Waals surface area contributed by atoms with E-state index in [1.165, 1.54) is 0 Å². The molecule has 0 aliphatic carbocycles. The van der Waals surface area contributed by atoms with Crippen molar-refractivity contribution >= 4 is 17.6 Å². The second-order valence-corrected chi connectivity index (χ2v) is 7.55. The van der Waals surface area contributed by atoms with E-state index in [0.717, 1.165) is 6.42 Å². The van der Waals surface area contributed by atoms with Crippen LogP contribution in [0, 0.1) is 5.41 Å². The minimum atomic E-state index is -0.789. The predicted molar refractivity (Wildman–Crippen MR) is 98.5 cm³/mol. The minimum Gasteiger partial charge on any atom is -0.392 e. The normalized spacial score (nSPS) is 28.9. The Hall–Kier alpha value is -2.19. The van der Waals surface area contributed by atoms with E-state index in [2.05, 4.69) is 10.3 Å². The van der Waals surface area contributed by atoms with Gasteiger partial charge in [0.15, 0.2) is 0 Å². The van der Waals surface area contributed by atoms with Gasteiger partial charge in [-0.1, -0.05) is 0 Å². The third-order valence-corrected chi connectivity index (χ3v) is 5.94. The van der Waals surface area contributed by atoms with Crippen molar-refractivity contribution < 1.29 is 19.4 Å². The van der Waals surface area contributed by atoms with E-state index in [-0.39, 0.29) is 11.8 Å². The number of morpholine rings is 1. The van der Waals surface area contributed by atoms with Gasteiger partial charge in [0.05, 0.1) is 24.7 Å². The first-order chi connectivity index (χ1) is 13.1. The summed E-state index contributed by atoms with van der Waals surface area (Å²) in [4.78, 5) is 33.6. The number of nitrogens with zero attached hydrogens (tertiary/aromatic N) is 3. The Balaban J connectivity index is 1.54. The Morgan fingerprint density at radius 3 is 2.93 bits per heavy atom. The molecule has 0 saturated carbocycles. The lowest BCUT2D eigenvalue weighted by Crippen LogP contribution is -2.61. The maximum absolute atomic E-state index is 12.8. The number of aliphatic hydroxyl groups excluding tert-OH is 1. The Bertz CT molecular complexity index is 721. The van der Waals surface area contributed by atoms with Crippen molar-refractivity contribution in [1.82, 2.24) is 15.2 Å². The van der Waals surface area contributed by atoms with E-state index >= 15 is 0 Å². The lowest BCUT2D eigenvalue weighted by Gasteiger charge is -2.47. The van der Waals surface area contributed by atoms with E-state index in [0.29, 0.717) is 70.2 Å². The lowest BCUT2D eigenvalue weighted by atomic mass is 9.71. The highest BCUT2D eigenvalue weighted by Crippen LogP contribution is 2.38. The predicted octanol–water partition coefficient (Wildman–Crippen LogP) is 0.0214. The van der Waals surface area contributed by atoms with Crippen LogP contribution >= 0.6 is 0 Å². The summed E-state index contributed by atoms with van der Waals surface area (Å²) in [5, 5.41) is 13.5. The molecule has 4 heterocycles. The molecule has 3 saturated heterocycles. The zero-order chi connectivity index (χ0) is 18.9. The number of hydrogen-bond acceptors (Lipinski definition) is 6. The number of rotatable bonds is 2. The number of carbonyl (C=O) groups is 2. The van der Waals surface area contributed by atoms with Crippen molar-refractivity contribution in [3.8, 4) is 0 Å². The van der Waals surface area contributed by atoms with E-state index in [4.69, 9.17) is 4.74 Å². The molecule has 0 bridgehead atoms. The third kappa shape index (κ3) is 3.39. The smallest absolute Gasteiger partial charge is 0.254 e. The number of piperidine rings is 2. The molecule has 1 aromatic rings. The van der Waals surface area contributed by atoms with Crippen LogP contribution in [0.25, 0.3) is 0 Å². The van der Waals surface area contributed by atoms with Crippen molar-refractivity contribution in [3.05, 3.63) is 23.9 Å². The summed E-state index contributed by atoms with van der Waals surface area (Å²) in [5.41, 5.74) is -0.197. The van der Waals surface area contributed by atoms with Gasteiger partial charge in [0.25, 0.3) is 5.91 Å².